The Kier molecular flexibility index (Phi) is 11.4. The molecular formula is C20H32F3O4P. The van der Waals surface area contributed by atoms with Crippen LogP contribution < -0.4 is 0 Å². The number of alkyl halides is 3. The lowest BCUT2D eigenvalue weighted by Crippen LogP contribution is -2.12. The van der Waals surface area contributed by atoms with Crippen molar-refractivity contribution in [3.8, 4) is 0 Å². The minimum absolute atomic E-state index is 0.281. The van der Waals surface area contributed by atoms with Gasteiger partial charge in [0.15, 0.2) is 0 Å². The fraction of sp³-hybridized carbons (Fsp3) is 0.700. The third-order valence-corrected chi connectivity index (χ3v) is 5.40. The molecule has 8 heteroatoms. The number of phosphoric ester groups is 1. The molecule has 0 aliphatic rings. The molecule has 1 N–H and O–H groups in total. The summed E-state index contributed by atoms with van der Waals surface area (Å²) in [4.78, 5) is 9.08. The van der Waals surface area contributed by atoms with Crippen molar-refractivity contribution in [2.75, 3.05) is 6.61 Å². The van der Waals surface area contributed by atoms with E-state index < -0.39 is 14.2 Å². The first kappa shape index (κ1) is 25.2. The van der Waals surface area contributed by atoms with E-state index in [9.17, 15) is 17.7 Å². The van der Waals surface area contributed by atoms with Gasteiger partial charge in [-0.3, -0.25) is 4.52 Å². The summed E-state index contributed by atoms with van der Waals surface area (Å²) < 4.78 is 54.9. The Balaban J connectivity index is 2.62. The van der Waals surface area contributed by atoms with Gasteiger partial charge in [-0.25, -0.2) is 4.57 Å². The fourth-order valence-corrected chi connectivity index (χ4v) is 3.73. The maximum Gasteiger partial charge on any atom is 0.531 e. The molecule has 0 aliphatic carbocycles. The van der Waals surface area contributed by atoms with Gasteiger partial charge in [0.2, 0.25) is 0 Å². The topological polar surface area (TPSA) is 55.8 Å². The van der Waals surface area contributed by atoms with E-state index in [0.29, 0.717) is 12.8 Å². The molecule has 0 heterocycles. The van der Waals surface area contributed by atoms with E-state index in [1.807, 2.05) is 0 Å². The lowest BCUT2D eigenvalue weighted by atomic mass is 9.94. The highest BCUT2D eigenvalue weighted by Crippen LogP contribution is 2.48. The zero-order valence-corrected chi connectivity index (χ0v) is 17.7. The standard InChI is InChI=1S/C20H32F3O4P/c1-3-5-7-10-17-13-14-18(19(16-17)11-8-6-4-2)12-9-15-26-28(24,25)27-20(21,22)23/h13-14,16H,3-12,15H2,1-2H3,(H,24,25). The maximum absolute atomic E-state index is 12.0. The highest BCUT2D eigenvalue weighted by Gasteiger charge is 2.40. The van der Waals surface area contributed by atoms with E-state index >= 15 is 0 Å². The smallest absolute Gasteiger partial charge is 0.302 e. The highest BCUT2D eigenvalue weighted by atomic mass is 31.2. The van der Waals surface area contributed by atoms with Crippen LogP contribution >= 0.6 is 7.82 Å². The summed E-state index contributed by atoms with van der Waals surface area (Å²) in [6.45, 7) is 4.04. The van der Waals surface area contributed by atoms with Crippen molar-refractivity contribution in [3.63, 3.8) is 0 Å². The Hall–Kier alpha value is -0.880. The largest absolute Gasteiger partial charge is 0.531 e. The molecule has 1 rings (SSSR count). The molecule has 0 fully saturated rings. The zero-order chi connectivity index (χ0) is 21.0. The molecule has 0 saturated heterocycles. The van der Waals surface area contributed by atoms with Gasteiger partial charge in [0.05, 0.1) is 6.61 Å². The molecule has 0 radical (unpaired) electrons. The number of phosphoric acid groups is 1. The summed E-state index contributed by atoms with van der Waals surface area (Å²) in [5.41, 5.74) is 3.67. The second-order valence-electron chi connectivity index (χ2n) is 6.96. The molecule has 0 bridgehead atoms. The number of aryl methyl sites for hydroxylation is 3. The summed E-state index contributed by atoms with van der Waals surface area (Å²) in [5, 5.41) is 0. The SMILES string of the molecule is CCCCCc1ccc(CCCOP(=O)(O)OC(F)(F)F)c(CCCCC)c1. The Bertz CT molecular complexity index is 620. The molecule has 28 heavy (non-hydrogen) atoms. The normalized spacial score (nSPS) is 14.2. The average molecular weight is 424 g/mol. The summed E-state index contributed by atoms with van der Waals surface area (Å²) in [5.74, 6) is 0. The second kappa shape index (κ2) is 12.6. The van der Waals surface area contributed by atoms with Crippen LogP contribution in [0.2, 0.25) is 0 Å². The summed E-state index contributed by atoms with van der Waals surface area (Å²) in [7, 11) is -5.12. The summed E-state index contributed by atoms with van der Waals surface area (Å²) in [6.07, 6.45) is 4.60. The van der Waals surface area contributed by atoms with Gasteiger partial charge >= 0.3 is 14.2 Å². The molecule has 162 valence electrons. The highest BCUT2D eigenvalue weighted by molar-refractivity contribution is 7.47. The zero-order valence-electron chi connectivity index (χ0n) is 16.8. The van der Waals surface area contributed by atoms with E-state index in [-0.39, 0.29) is 6.61 Å². The van der Waals surface area contributed by atoms with Crippen LogP contribution in [0.25, 0.3) is 0 Å². The van der Waals surface area contributed by atoms with Crippen LogP contribution in [-0.2, 0) is 32.9 Å². The van der Waals surface area contributed by atoms with Crippen LogP contribution in [0, 0.1) is 0 Å². The van der Waals surface area contributed by atoms with Gasteiger partial charge in [-0.2, -0.15) is 4.52 Å². The van der Waals surface area contributed by atoms with Gasteiger partial charge < -0.3 is 4.89 Å². The van der Waals surface area contributed by atoms with Crippen LogP contribution in [0.15, 0.2) is 18.2 Å². The van der Waals surface area contributed by atoms with Crippen LogP contribution in [0.3, 0.4) is 0 Å². The first-order valence-electron chi connectivity index (χ1n) is 10.0. The van der Waals surface area contributed by atoms with E-state index in [1.165, 1.54) is 24.0 Å². The van der Waals surface area contributed by atoms with Crippen molar-refractivity contribution in [1.82, 2.24) is 0 Å². The van der Waals surface area contributed by atoms with E-state index in [4.69, 9.17) is 4.89 Å². The van der Waals surface area contributed by atoms with Crippen molar-refractivity contribution in [3.05, 3.63) is 34.9 Å². The first-order chi connectivity index (χ1) is 13.2. The number of unbranched alkanes of at least 4 members (excludes halogenated alkanes) is 4. The average Bonchev–Trinajstić information content (AvgIpc) is 2.58. The molecule has 1 aromatic rings. The number of rotatable bonds is 14. The quantitative estimate of drug-likeness (QED) is 0.265. The number of halogens is 3. The summed E-state index contributed by atoms with van der Waals surface area (Å²) >= 11 is 0. The van der Waals surface area contributed by atoms with Crippen molar-refractivity contribution < 1.29 is 31.7 Å². The van der Waals surface area contributed by atoms with Crippen molar-refractivity contribution in [1.29, 1.82) is 0 Å². The monoisotopic (exact) mass is 424 g/mol. The molecule has 0 aromatic heterocycles. The molecule has 1 atom stereocenters. The minimum atomic E-state index is -5.20. The lowest BCUT2D eigenvalue weighted by molar-refractivity contribution is -0.282. The van der Waals surface area contributed by atoms with E-state index in [2.05, 4.69) is 41.1 Å². The number of hydrogen-bond acceptors (Lipinski definition) is 3. The van der Waals surface area contributed by atoms with Gasteiger partial charge in [-0.05, 0) is 55.2 Å². The first-order valence-corrected chi connectivity index (χ1v) is 11.5. The van der Waals surface area contributed by atoms with Crippen molar-refractivity contribution in [2.45, 2.75) is 84.4 Å². The third-order valence-electron chi connectivity index (χ3n) is 4.45. The maximum atomic E-state index is 12.0. The van der Waals surface area contributed by atoms with Crippen LogP contribution in [0.1, 0.15) is 75.5 Å². The van der Waals surface area contributed by atoms with Gasteiger partial charge in [0.1, 0.15) is 0 Å². The molecule has 1 unspecified atom stereocenters. The Labute approximate surface area is 166 Å². The van der Waals surface area contributed by atoms with E-state index in [1.54, 1.807) is 0 Å². The molecule has 0 spiro atoms. The minimum Gasteiger partial charge on any atom is -0.302 e. The van der Waals surface area contributed by atoms with Crippen molar-refractivity contribution in [2.24, 2.45) is 0 Å². The van der Waals surface area contributed by atoms with Crippen LogP contribution in [-0.4, -0.2) is 17.9 Å². The van der Waals surface area contributed by atoms with Gasteiger partial charge in [-0.15, -0.1) is 13.2 Å². The lowest BCUT2D eigenvalue weighted by Gasteiger charge is -2.15. The molecule has 0 saturated carbocycles. The van der Waals surface area contributed by atoms with E-state index in [0.717, 1.165) is 44.1 Å². The Morgan fingerprint density at radius 3 is 2.14 bits per heavy atom. The molecule has 4 nitrogen and oxygen atoms in total. The van der Waals surface area contributed by atoms with Crippen LogP contribution in [0.5, 0.6) is 0 Å². The van der Waals surface area contributed by atoms with Gasteiger partial charge in [0.25, 0.3) is 0 Å². The third kappa shape index (κ3) is 11.2. The summed E-state index contributed by atoms with van der Waals surface area (Å²) in [6, 6.07) is 6.39. The molecule has 1 aromatic carbocycles. The Morgan fingerprint density at radius 2 is 1.54 bits per heavy atom. The predicted octanol–water partition coefficient (Wildman–Crippen LogP) is 6.74. The van der Waals surface area contributed by atoms with Crippen molar-refractivity contribution >= 4 is 7.82 Å². The fourth-order valence-electron chi connectivity index (χ4n) is 3.06. The second-order valence-corrected chi connectivity index (χ2v) is 8.34. The number of benzene rings is 1. The van der Waals surface area contributed by atoms with Gasteiger partial charge in [0, 0.05) is 0 Å². The Morgan fingerprint density at radius 1 is 0.929 bits per heavy atom. The predicted molar refractivity (Wildman–Crippen MR) is 104 cm³/mol. The molecular weight excluding hydrogens is 392 g/mol. The van der Waals surface area contributed by atoms with Gasteiger partial charge in [-0.1, -0.05) is 57.7 Å². The molecule has 0 aliphatic heterocycles. The number of hydrogen-bond donors (Lipinski definition) is 1. The molecule has 0 amide bonds. The van der Waals surface area contributed by atoms with Crippen LogP contribution in [0.4, 0.5) is 13.2 Å².